The molecule has 0 saturated heterocycles. The Balaban J connectivity index is 4.52. The molecule has 0 aliphatic carbocycles. The molecule has 1 heteroatoms. The van der Waals surface area contributed by atoms with Crippen LogP contribution in [-0.2, 0) is 4.79 Å². The smallest absolute Gasteiger partial charge is 0.139 e. The Labute approximate surface area is 69.5 Å². The largest absolute Gasteiger partial charge is 0.299 e. The summed E-state index contributed by atoms with van der Waals surface area (Å²) in [5.74, 6) is 0.229. The van der Waals surface area contributed by atoms with Crippen molar-refractivity contribution in [2.45, 2.75) is 40.5 Å². The molecular weight excluding hydrogens is 136 g/mol. The molecule has 0 radical (unpaired) electrons. The number of rotatable bonds is 4. The first kappa shape index (κ1) is 10.4. The van der Waals surface area contributed by atoms with E-state index in [9.17, 15) is 4.79 Å². The van der Waals surface area contributed by atoms with Gasteiger partial charge in [-0.1, -0.05) is 25.5 Å². The predicted octanol–water partition coefficient (Wildman–Crippen LogP) is 2.96. The van der Waals surface area contributed by atoms with E-state index in [2.05, 4.69) is 13.5 Å². The third-order valence-electron chi connectivity index (χ3n) is 2.47. The number of hydrogen-bond acceptors (Lipinski definition) is 1. The Morgan fingerprint density at radius 2 is 1.91 bits per heavy atom. The van der Waals surface area contributed by atoms with Crippen molar-refractivity contribution < 1.29 is 4.79 Å². The summed E-state index contributed by atoms with van der Waals surface area (Å²) in [6.45, 7) is 11.5. The maximum atomic E-state index is 11.2. The lowest BCUT2D eigenvalue weighted by atomic mass is 9.76. The molecular formula is C10H18O. The van der Waals surface area contributed by atoms with Crippen LogP contribution in [0, 0.1) is 5.41 Å². The lowest BCUT2D eigenvalue weighted by Gasteiger charge is -2.26. The van der Waals surface area contributed by atoms with Gasteiger partial charge in [0.25, 0.3) is 0 Å². The van der Waals surface area contributed by atoms with Crippen LogP contribution < -0.4 is 0 Å². The summed E-state index contributed by atoms with van der Waals surface area (Å²) in [7, 11) is 0. The van der Waals surface area contributed by atoms with Gasteiger partial charge in [0.15, 0.2) is 0 Å². The van der Waals surface area contributed by atoms with Gasteiger partial charge in [-0.2, -0.15) is 0 Å². The van der Waals surface area contributed by atoms with Gasteiger partial charge in [0.1, 0.15) is 5.78 Å². The number of Topliss-reactive ketones (excluding diaryl/α,β-unsaturated/α-hetero) is 1. The maximum absolute atomic E-state index is 11.2. The van der Waals surface area contributed by atoms with Gasteiger partial charge in [0.05, 0.1) is 0 Å². The second-order valence-corrected chi connectivity index (χ2v) is 3.42. The van der Waals surface area contributed by atoms with Gasteiger partial charge in [-0.15, -0.1) is 0 Å². The van der Waals surface area contributed by atoms with Crippen molar-refractivity contribution in [1.82, 2.24) is 0 Å². The quantitative estimate of drug-likeness (QED) is 0.569. The lowest BCUT2D eigenvalue weighted by molar-refractivity contribution is -0.124. The fraction of sp³-hybridized carbons (Fsp3) is 0.700. The number of ketones is 1. The molecule has 64 valence electrons. The third-order valence-corrected chi connectivity index (χ3v) is 2.47. The molecule has 0 saturated carbocycles. The molecule has 0 bridgehead atoms. The van der Waals surface area contributed by atoms with E-state index < -0.39 is 0 Å². The van der Waals surface area contributed by atoms with Crippen molar-refractivity contribution in [3.8, 4) is 0 Å². The van der Waals surface area contributed by atoms with Gasteiger partial charge >= 0.3 is 0 Å². The first-order valence-electron chi connectivity index (χ1n) is 4.12. The molecule has 0 rings (SSSR count). The number of hydrogen-bond donors (Lipinski definition) is 0. The van der Waals surface area contributed by atoms with Crippen LogP contribution in [0.2, 0.25) is 0 Å². The van der Waals surface area contributed by atoms with E-state index in [4.69, 9.17) is 0 Å². The second kappa shape index (κ2) is 3.70. The standard InChI is InChI=1S/C10H18O/c1-6-7-10(5,8(2)3)9(4)11/h2,6-7H2,1,3-5H3. The minimum Gasteiger partial charge on any atom is -0.299 e. The van der Waals surface area contributed by atoms with Crippen LogP contribution in [0.25, 0.3) is 0 Å². The average Bonchev–Trinajstić information content (AvgIpc) is 1.87. The Bertz CT molecular complexity index is 154. The fourth-order valence-electron chi connectivity index (χ4n) is 1.19. The van der Waals surface area contributed by atoms with Crippen molar-refractivity contribution in [3.05, 3.63) is 12.2 Å². The van der Waals surface area contributed by atoms with E-state index >= 15 is 0 Å². The first-order chi connectivity index (χ1) is 4.95. The number of allylic oxidation sites excluding steroid dienone is 1. The Hall–Kier alpha value is -0.590. The van der Waals surface area contributed by atoms with Crippen LogP contribution in [0.5, 0.6) is 0 Å². The molecule has 0 amide bonds. The second-order valence-electron chi connectivity index (χ2n) is 3.42. The van der Waals surface area contributed by atoms with Crippen molar-refractivity contribution in [3.63, 3.8) is 0 Å². The van der Waals surface area contributed by atoms with E-state index in [1.165, 1.54) is 0 Å². The minimum absolute atomic E-state index is 0.229. The summed E-state index contributed by atoms with van der Waals surface area (Å²) >= 11 is 0. The highest BCUT2D eigenvalue weighted by Crippen LogP contribution is 2.31. The van der Waals surface area contributed by atoms with Gasteiger partial charge < -0.3 is 0 Å². The van der Waals surface area contributed by atoms with Crippen molar-refractivity contribution in [2.24, 2.45) is 5.41 Å². The van der Waals surface area contributed by atoms with Crippen LogP contribution in [0.15, 0.2) is 12.2 Å². The summed E-state index contributed by atoms with van der Waals surface area (Å²) in [4.78, 5) is 11.2. The molecule has 1 nitrogen and oxygen atoms in total. The molecule has 1 unspecified atom stereocenters. The topological polar surface area (TPSA) is 17.1 Å². The normalized spacial score (nSPS) is 15.6. The highest BCUT2D eigenvalue weighted by atomic mass is 16.1. The third kappa shape index (κ3) is 2.18. The van der Waals surface area contributed by atoms with Gasteiger partial charge in [-0.3, -0.25) is 4.79 Å². The summed E-state index contributed by atoms with van der Waals surface area (Å²) < 4.78 is 0. The first-order valence-corrected chi connectivity index (χ1v) is 4.12. The van der Waals surface area contributed by atoms with Gasteiger partial charge in [0, 0.05) is 5.41 Å². The van der Waals surface area contributed by atoms with Gasteiger partial charge in [0.2, 0.25) is 0 Å². The van der Waals surface area contributed by atoms with E-state index in [0.29, 0.717) is 0 Å². The molecule has 0 heterocycles. The monoisotopic (exact) mass is 154 g/mol. The Morgan fingerprint density at radius 3 is 2.00 bits per heavy atom. The molecule has 0 N–H and O–H groups in total. The Morgan fingerprint density at radius 1 is 1.45 bits per heavy atom. The van der Waals surface area contributed by atoms with Gasteiger partial charge in [-0.05, 0) is 27.2 Å². The molecule has 0 spiro atoms. The van der Waals surface area contributed by atoms with Crippen molar-refractivity contribution in [1.29, 1.82) is 0 Å². The maximum Gasteiger partial charge on any atom is 0.139 e. The molecule has 0 aliphatic rings. The van der Waals surface area contributed by atoms with E-state index in [-0.39, 0.29) is 11.2 Å². The fourth-order valence-corrected chi connectivity index (χ4v) is 1.19. The van der Waals surface area contributed by atoms with E-state index in [1.54, 1.807) is 6.92 Å². The molecule has 0 aromatic heterocycles. The zero-order chi connectivity index (χ0) is 9.07. The summed E-state index contributed by atoms with van der Waals surface area (Å²) in [6, 6.07) is 0. The van der Waals surface area contributed by atoms with Crippen LogP contribution in [0.4, 0.5) is 0 Å². The van der Waals surface area contributed by atoms with Crippen molar-refractivity contribution >= 4 is 5.78 Å². The zero-order valence-corrected chi connectivity index (χ0v) is 8.03. The molecule has 0 aromatic carbocycles. The number of carbonyl (C=O) groups excluding carboxylic acids is 1. The highest BCUT2D eigenvalue weighted by molar-refractivity contribution is 5.84. The summed E-state index contributed by atoms with van der Waals surface area (Å²) in [5.41, 5.74) is 0.696. The average molecular weight is 154 g/mol. The summed E-state index contributed by atoms with van der Waals surface area (Å²) in [6.07, 6.45) is 1.95. The zero-order valence-electron chi connectivity index (χ0n) is 8.03. The Kier molecular flexibility index (Phi) is 3.50. The van der Waals surface area contributed by atoms with Crippen LogP contribution in [-0.4, -0.2) is 5.78 Å². The molecule has 1 atom stereocenters. The molecule has 0 aromatic rings. The van der Waals surface area contributed by atoms with Gasteiger partial charge in [-0.25, -0.2) is 0 Å². The minimum atomic E-state index is -0.283. The number of carbonyl (C=O) groups is 1. The van der Waals surface area contributed by atoms with E-state index in [0.717, 1.165) is 18.4 Å². The predicted molar refractivity (Wildman–Crippen MR) is 48.5 cm³/mol. The molecule has 11 heavy (non-hydrogen) atoms. The molecule has 0 fully saturated rings. The SMILES string of the molecule is C=C(C)C(C)(CCC)C(C)=O. The highest BCUT2D eigenvalue weighted by Gasteiger charge is 2.29. The van der Waals surface area contributed by atoms with Crippen LogP contribution >= 0.6 is 0 Å². The van der Waals surface area contributed by atoms with Crippen molar-refractivity contribution in [2.75, 3.05) is 0 Å². The molecule has 0 aliphatic heterocycles. The van der Waals surface area contributed by atoms with E-state index in [1.807, 2.05) is 13.8 Å². The summed E-state index contributed by atoms with van der Waals surface area (Å²) in [5, 5.41) is 0. The lowest BCUT2D eigenvalue weighted by Crippen LogP contribution is -2.26. The van der Waals surface area contributed by atoms with Crippen LogP contribution in [0.1, 0.15) is 40.5 Å². The van der Waals surface area contributed by atoms with Crippen LogP contribution in [0.3, 0.4) is 0 Å².